The van der Waals surface area contributed by atoms with Crippen LogP contribution in [0, 0.1) is 11.8 Å². The van der Waals surface area contributed by atoms with Crippen molar-refractivity contribution in [2.24, 2.45) is 11.8 Å². The minimum Gasteiger partial charge on any atom is -0.465 e. The first-order valence-corrected chi connectivity index (χ1v) is 13.0. The zero-order valence-corrected chi connectivity index (χ0v) is 21.5. The molecule has 1 spiro atoms. The smallest absolute Gasteiger partial charge is 0.312 e. The van der Waals surface area contributed by atoms with Crippen molar-refractivity contribution >= 4 is 17.8 Å². The fourth-order valence-electron chi connectivity index (χ4n) is 6.33. The Morgan fingerprint density at radius 3 is 2.60 bits per heavy atom. The van der Waals surface area contributed by atoms with Crippen LogP contribution >= 0.6 is 0 Å². The Labute approximate surface area is 209 Å². The van der Waals surface area contributed by atoms with Gasteiger partial charge in [0.15, 0.2) is 0 Å². The van der Waals surface area contributed by atoms with E-state index in [1.54, 1.807) is 22.0 Å². The fraction of sp³-hybridized carbons (Fsp3) is 0.741. The van der Waals surface area contributed by atoms with E-state index in [0.29, 0.717) is 51.6 Å². The number of ether oxygens (including phenoxy) is 2. The van der Waals surface area contributed by atoms with Crippen molar-refractivity contribution in [3.63, 3.8) is 0 Å². The van der Waals surface area contributed by atoms with E-state index in [2.05, 4.69) is 13.2 Å². The summed E-state index contributed by atoms with van der Waals surface area (Å²) in [5.41, 5.74) is -1.85. The minimum atomic E-state index is -1.05. The van der Waals surface area contributed by atoms with Crippen LogP contribution in [0.1, 0.15) is 65.7 Å². The van der Waals surface area contributed by atoms with Crippen molar-refractivity contribution in [2.45, 2.75) is 89.0 Å². The van der Waals surface area contributed by atoms with Crippen LogP contribution < -0.4 is 0 Å². The van der Waals surface area contributed by atoms with Crippen molar-refractivity contribution in [1.82, 2.24) is 9.80 Å². The van der Waals surface area contributed by atoms with Crippen LogP contribution in [-0.2, 0) is 23.9 Å². The third-order valence-electron chi connectivity index (χ3n) is 8.00. The first-order valence-electron chi connectivity index (χ1n) is 13.0. The van der Waals surface area contributed by atoms with Gasteiger partial charge in [0.1, 0.15) is 17.6 Å². The summed E-state index contributed by atoms with van der Waals surface area (Å²) in [6, 6.07) is -0.900. The molecule has 8 nitrogen and oxygen atoms in total. The number of rotatable bonds is 14. The number of carbonyl (C=O) groups excluding carboxylic acids is 3. The van der Waals surface area contributed by atoms with E-state index in [1.807, 2.05) is 20.8 Å². The van der Waals surface area contributed by atoms with Crippen LogP contribution in [0.25, 0.3) is 0 Å². The first-order chi connectivity index (χ1) is 16.7. The lowest BCUT2D eigenvalue weighted by molar-refractivity contribution is -0.162. The molecule has 3 heterocycles. The van der Waals surface area contributed by atoms with Gasteiger partial charge in [-0.25, -0.2) is 0 Å². The van der Waals surface area contributed by atoms with Gasteiger partial charge < -0.3 is 24.4 Å². The monoisotopic (exact) mass is 490 g/mol. The molecule has 2 amide bonds. The molecule has 8 heteroatoms. The Hall–Kier alpha value is -2.19. The van der Waals surface area contributed by atoms with E-state index in [4.69, 9.17) is 9.47 Å². The van der Waals surface area contributed by atoms with Crippen LogP contribution in [0.4, 0.5) is 0 Å². The highest BCUT2D eigenvalue weighted by molar-refractivity contribution is 5.98. The lowest BCUT2D eigenvalue weighted by atomic mass is 9.65. The minimum absolute atomic E-state index is 0.0128. The van der Waals surface area contributed by atoms with Gasteiger partial charge in [-0.3, -0.25) is 14.4 Å². The van der Waals surface area contributed by atoms with Crippen molar-refractivity contribution in [3.8, 4) is 0 Å². The summed E-state index contributed by atoms with van der Waals surface area (Å²) in [4.78, 5) is 44.7. The van der Waals surface area contributed by atoms with E-state index < -0.39 is 35.0 Å². The second kappa shape index (κ2) is 11.2. The standard InChI is InChI=1S/C27H42N2O6/c1-6-9-12-18-34-25(33)21-20-23(31)29(16-10-11-17-30)22(24(32)28(15-7-2)19(4)5)27(20)14-13-26(21,8-3)35-27/h6-7,19-22,30H,1-2,8-18H2,3-5H3/t20-,21-,22?,26+,27?/m0/s1. The van der Waals surface area contributed by atoms with Gasteiger partial charge in [0.2, 0.25) is 11.8 Å². The molecule has 3 aliphatic rings. The zero-order chi connectivity index (χ0) is 25.8. The summed E-state index contributed by atoms with van der Waals surface area (Å²) in [6.45, 7) is 14.3. The number of unbranched alkanes of at least 4 members (excludes halogenated alkanes) is 2. The number of esters is 1. The van der Waals surface area contributed by atoms with Crippen molar-refractivity contribution < 1.29 is 29.0 Å². The number of aliphatic hydroxyl groups is 1. The molecule has 3 fully saturated rings. The highest BCUT2D eigenvalue weighted by atomic mass is 16.6. The Morgan fingerprint density at radius 2 is 2.00 bits per heavy atom. The van der Waals surface area contributed by atoms with Crippen LogP contribution in [-0.4, -0.2) is 82.3 Å². The molecule has 2 unspecified atom stereocenters. The summed E-state index contributed by atoms with van der Waals surface area (Å²) in [5, 5.41) is 9.30. The third-order valence-corrected chi connectivity index (χ3v) is 8.00. The van der Waals surface area contributed by atoms with Gasteiger partial charge >= 0.3 is 5.97 Å². The molecule has 3 saturated heterocycles. The highest BCUT2D eigenvalue weighted by Gasteiger charge is 2.79. The van der Waals surface area contributed by atoms with Crippen LogP contribution in [0.3, 0.4) is 0 Å². The molecule has 0 radical (unpaired) electrons. The predicted octanol–water partition coefficient (Wildman–Crippen LogP) is 2.85. The second-order valence-electron chi connectivity index (χ2n) is 10.3. The molecule has 0 aromatic carbocycles. The molecule has 196 valence electrons. The van der Waals surface area contributed by atoms with Gasteiger partial charge in [-0.2, -0.15) is 0 Å². The number of hydrogen-bond donors (Lipinski definition) is 1. The number of hydrogen-bond acceptors (Lipinski definition) is 6. The molecule has 1 N–H and O–H groups in total. The maximum Gasteiger partial charge on any atom is 0.312 e. The molecule has 35 heavy (non-hydrogen) atoms. The van der Waals surface area contributed by atoms with E-state index in [1.165, 1.54) is 0 Å². The summed E-state index contributed by atoms with van der Waals surface area (Å²) >= 11 is 0. The second-order valence-corrected chi connectivity index (χ2v) is 10.3. The number of likely N-dealkylation sites (tertiary alicyclic amines) is 1. The van der Waals surface area contributed by atoms with Crippen LogP contribution in [0.2, 0.25) is 0 Å². The average Bonchev–Trinajstić information content (AvgIpc) is 3.43. The van der Waals surface area contributed by atoms with Crippen molar-refractivity contribution in [2.75, 3.05) is 26.3 Å². The quantitative estimate of drug-likeness (QED) is 0.229. The van der Waals surface area contributed by atoms with Gasteiger partial charge in [0, 0.05) is 25.7 Å². The third kappa shape index (κ3) is 4.67. The molecule has 0 saturated carbocycles. The molecular weight excluding hydrogens is 448 g/mol. The lowest BCUT2D eigenvalue weighted by Gasteiger charge is -2.38. The highest BCUT2D eigenvalue weighted by Crippen LogP contribution is 2.64. The predicted molar refractivity (Wildman–Crippen MR) is 132 cm³/mol. The van der Waals surface area contributed by atoms with E-state index in [9.17, 15) is 19.5 Å². The van der Waals surface area contributed by atoms with Gasteiger partial charge in [0.25, 0.3) is 0 Å². The molecule has 0 aromatic heterocycles. The number of carbonyl (C=O) groups is 3. The molecule has 0 aromatic rings. The molecule has 0 aliphatic carbocycles. The van der Waals surface area contributed by atoms with Crippen molar-refractivity contribution in [1.29, 1.82) is 0 Å². The number of aliphatic hydroxyl groups excluding tert-OH is 1. The van der Waals surface area contributed by atoms with Gasteiger partial charge in [-0.1, -0.05) is 19.1 Å². The summed E-state index contributed by atoms with van der Waals surface area (Å²) in [7, 11) is 0. The molecular formula is C27H42N2O6. The topological polar surface area (TPSA) is 96.4 Å². The summed E-state index contributed by atoms with van der Waals surface area (Å²) < 4.78 is 12.4. The largest absolute Gasteiger partial charge is 0.465 e. The Bertz CT molecular complexity index is 828. The Kier molecular flexibility index (Phi) is 8.81. The van der Waals surface area contributed by atoms with Gasteiger partial charge in [-0.05, 0) is 58.8 Å². The van der Waals surface area contributed by atoms with Crippen LogP contribution in [0.5, 0.6) is 0 Å². The number of nitrogens with zero attached hydrogens (tertiary/aromatic N) is 2. The van der Waals surface area contributed by atoms with Crippen LogP contribution in [0.15, 0.2) is 25.3 Å². The Balaban J connectivity index is 2.00. The average molecular weight is 491 g/mol. The Morgan fingerprint density at radius 1 is 1.26 bits per heavy atom. The van der Waals surface area contributed by atoms with E-state index >= 15 is 0 Å². The summed E-state index contributed by atoms with van der Waals surface area (Å²) in [5.74, 6) is -2.28. The number of allylic oxidation sites excluding steroid dienone is 1. The maximum absolute atomic E-state index is 14.0. The normalized spacial score (nSPS) is 31.1. The van der Waals surface area contributed by atoms with E-state index in [-0.39, 0.29) is 31.1 Å². The molecule has 2 bridgehead atoms. The first kappa shape index (κ1) is 27.4. The SMILES string of the molecule is C=CCCCOC(=O)[C@@H]1[C@H]2C(=O)N(CCCCO)C(C(=O)N(CC=C)C(C)C)C23CC[C@@]1(CC)O3. The van der Waals surface area contributed by atoms with Crippen molar-refractivity contribution in [3.05, 3.63) is 25.3 Å². The molecule has 3 aliphatic heterocycles. The lowest BCUT2D eigenvalue weighted by Crippen LogP contribution is -2.57. The van der Waals surface area contributed by atoms with Gasteiger partial charge in [0.05, 0.1) is 18.1 Å². The fourth-order valence-corrected chi connectivity index (χ4v) is 6.33. The van der Waals surface area contributed by atoms with E-state index in [0.717, 1.165) is 6.42 Å². The zero-order valence-electron chi connectivity index (χ0n) is 21.5. The van der Waals surface area contributed by atoms with Gasteiger partial charge in [-0.15, -0.1) is 13.2 Å². The number of fused-ring (bicyclic) bond motifs is 1. The summed E-state index contributed by atoms with van der Waals surface area (Å²) in [6.07, 6.45) is 7.68. The molecule has 3 rings (SSSR count). The maximum atomic E-state index is 14.0. The number of amides is 2. The molecule has 5 atom stereocenters.